The van der Waals surface area contributed by atoms with Crippen molar-refractivity contribution in [3.05, 3.63) is 23.3 Å². The highest BCUT2D eigenvalue weighted by Gasteiger charge is 2.71. The molecule has 1 saturated heterocycles. The van der Waals surface area contributed by atoms with E-state index in [9.17, 15) is 9.90 Å². The van der Waals surface area contributed by atoms with Crippen LogP contribution in [0.1, 0.15) is 36.8 Å². The number of likely N-dealkylation sites (N-methyl/N-ethyl adjacent to an activating group) is 1. The second-order valence-corrected chi connectivity index (χ2v) is 7.79. The fraction of sp³-hybridized carbons (Fsp3) is 0.632. The number of hydrogen-bond donors (Lipinski definition) is 1. The summed E-state index contributed by atoms with van der Waals surface area (Å²) in [5.74, 6) is 1.48. The van der Waals surface area contributed by atoms with E-state index in [0.29, 0.717) is 24.3 Å². The highest BCUT2D eigenvalue weighted by atomic mass is 16.5. The van der Waals surface area contributed by atoms with Crippen LogP contribution in [-0.2, 0) is 16.6 Å². The summed E-state index contributed by atoms with van der Waals surface area (Å²) in [6.45, 7) is 0.941. The maximum Gasteiger partial charge on any atom is 0.174 e. The molecule has 0 unspecified atom stereocenters. The number of nitrogens with zero attached hydrogens (tertiary/aromatic N) is 1. The summed E-state index contributed by atoms with van der Waals surface area (Å²) in [6, 6.07) is 4.06. The van der Waals surface area contributed by atoms with E-state index in [1.54, 1.807) is 7.11 Å². The molecule has 1 spiro atoms. The molecule has 1 aromatic rings. The van der Waals surface area contributed by atoms with Gasteiger partial charge in [0, 0.05) is 18.0 Å². The van der Waals surface area contributed by atoms with Gasteiger partial charge < -0.3 is 19.5 Å². The molecule has 0 radical (unpaired) electrons. The lowest BCUT2D eigenvalue weighted by atomic mass is 9.51. The smallest absolute Gasteiger partial charge is 0.174 e. The maximum absolute atomic E-state index is 12.8. The van der Waals surface area contributed by atoms with Gasteiger partial charge in [0.25, 0.3) is 0 Å². The van der Waals surface area contributed by atoms with Gasteiger partial charge >= 0.3 is 0 Å². The summed E-state index contributed by atoms with van der Waals surface area (Å²) in [7, 11) is 3.72. The van der Waals surface area contributed by atoms with Crippen molar-refractivity contribution < 1.29 is 19.4 Å². The van der Waals surface area contributed by atoms with E-state index in [-0.39, 0.29) is 11.8 Å². The standard InChI is InChI=1S/C19H23NO4/c1-20-9-3-7-18-15-11-4-5-13(23-2)16(15)24-17(18)12(21)6-8-19(18,22)14(20)10-11/h4-5,14,17,22H,3,6-10H2,1-2H3/t14-,17+,18+,19-/m0/s1. The largest absolute Gasteiger partial charge is 0.493 e. The molecule has 4 atom stereocenters. The zero-order chi connectivity index (χ0) is 16.7. The van der Waals surface area contributed by atoms with Gasteiger partial charge in [-0.1, -0.05) is 6.07 Å². The summed E-state index contributed by atoms with van der Waals surface area (Å²) < 4.78 is 11.7. The summed E-state index contributed by atoms with van der Waals surface area (Å²) in [5.41, 5.74) is 0.719. The van der Waals surface area contributed by atoms with Gasteiger partial charge in [0.2, 0.25) is 0 Å². The fourth-order valence-electron chi connectivity index (χ4n) is 5.94. The average Bonchev–Trinajstić information content (AvgIpc) is 2.91. The Hall–Kier alpha value is -1.59. The Morgan fingerprint density at radius 3 is 3.00 bits per heavy atom. The van der Waals surface area contributed by atoms with E-state index in [1.807, 2.05) is 6.07 Å². The Morgan fingerprint density at radius 2 is 2.21 bits per heavy atom. The Morgan fingerprint density at radius 1 is 1.38 bits per heavy atom. The Bertz CT molecular complexity index is 747. The zero-order valence-corrected chi connectivity index (χ0v) is 14.2. The normalized spacial score (nSPS) is 39.9. The van der Waals surface area contributed by atoms with E-state index < -0.39 is 17.1 Å². The van der Waals surface area contributed by atoms with Crippen molar-refractivity contribution in [2.45, 2.75) is 55.3 Å². The first-order valence-corrected chi connectivity index (χ1v) is 8.85. The minimum absolute atomic E-state index is 0.0334. The minimum Gasteiger partial charge on any atom is -0.493 e. The van der Waals surface area contributed by atoms with Crippen LogP contribution in [0.4, 0.5) is 0 Å². The Kier molecular flexibility index (Phi) is 2.78. The first-order valence-electron chi connectivity index (χ1n) is 8.85. The van der Waals surface area contributed by atoms with Crippen LogP contribution in [-0.4, -0.2) is 54.2 Å². The number of ketones is 1. The summed E-state index contributed by atoms with van der Waals surface area (Å²) in [6.07, 6.45) is 2.88. The van der Waals surface area contributed by atoms with Gasteiger partial charge in [0.15, 0.2) is 23.4 Å². The number of rotatable bonds is 1. The molecule has 2 fully saturated rings. The van der Waals surface area contributed by atoms with E-state index in [4.69, 9.17) is 9.47 Å². The number of Topliss-reactive ketones (excluding diaryl/α,β-unsaturated/α-hetero) is 1. The lowest BCUT2D eigenvalue weighted by molar-refractivity contribution is -0.164. The van der Waals surface area contributed by atoms with Crippen LogP contribution in [0.2, 0.25) is 0 Å². The molecule has 2 aliphatic carbocycles. The molecule has 0 amide bonds. The first-order chi connectivity index (χ1) is 11.5. The third-order valence-corrected chi connectivity index (χ3v) is 6.95. The number of ether oxygens (including phenoxy) is 2. The summed E-state index contributed by atoms with van der Waals surface area (Å²) in [4.78, 5) is 15.0. The Labute approximate surface area is 141 Å². The number of carbonyl (C=O) groups excluding carboxylic acids is 1. The summed E-state index contributed by atoms with van der Waals surface area (Å²) >= 11 is 0. The number of likely N-dealkylation sites (tertiary alicyclic amines) is 1. The molecule has 4 aliphatic rings. The number of hydrogen-bond acceptors (Lipinski definition) is 5. The van der Waals surface area contributed by atoms with Crippen LogP contribution in [0.25, 0.3) is 0 Å². The van der Waals surface area contributed by atoms with Crippen molar-refractivity contribution in [1.82, 2.24) is 4.90 Å². The van der Waals surface area contributed by atoms with Crippen LogP contribution in [0.5, 0.6) is 11.5 Å². The molecule has 1 saturated carbocycles. The molecular weight excluding hydrogens is 306 g/mol. The molecule has 2 aliphatic heterocycles. The predicted molar refractivity (Wildman–Crippen MR) is 87.6 cm³/mol. The SMILES string of the molecule is COc1ccc2c3c1O[C@@H]1C(=O)CC[C@]4(O)[C@H](C2)N(C)CCC[C@@]314. The number of carbonyl (C=O) groups is 1. The molecule has 5 rings (SSSR count). The quantitative estimate of drug-likeness (QED) is 0.845. The van der Waals surface area contributed by atoms with Crippen LogP contribution in [0, 0.1) is 0 Å². The van der Waals surface area contributed by atoms with Crippen molar-refractivity contribution in [2.24, 2.45) is 0 Å². The fourth-order valence-corrected chi connectivity index (χ4v) is 5.94. The Balaban J connectivity index is 1.86. The van der Waals surface area contributed by atoms with Crippen molar-refractivity contribution in [2.75, 3.05) is 20.7 Å². The first kappa shape index (κ1) is 14.7. The van der Waals surface area contributed by atoms with Gasteiger partial charge in [-0.3, -0.25) is 4.79 Å². The minimum atomic E-state index is -0.915. The molecule has 128 valence electrons. The maximum atomic E-state index is 12.8. The van der Waals surface area contributed by atoms with Gasteiger partial charge in [0.1, 0.15) is 0 Å². The van der Waals surface area contributed by atoms with Crippen LogP contribution in [0.15, 0.2) is 12.1 Å². The topological polar surface area (TPSA) is 59.0 Å². The van der Waals surface area contributed by atoms with E-state index in [2.05, 4.69) is 18.0 Å². The monoisotopic (exact) mass is 329 g/mol. The van der Waals surface area contributed by atoms with Gasteiger partial charge in [0.05, 0.1) is 18.1 Å². The molecular formula is C19H23NO4. The van der Waals surface area contributed by atoms with Crippen molar-refractivity contribution in [3.8, 4) is 11.5 Å². The van der Waals surface area contributed by atoms with Crippen LogP contribution in [0.3, 0.4) is 0 Å². The van der Waals surface area contributed by atoms with Gasteiger partial charge in [-0.2, -0.15) is 0 Å². The van der Waals surface area contributed by atoms with E-state index in [0.717, 1.165) is 31.4 Å². The van der Waals surface area contributed by atoms with Gasteiger partial charge in [-0.05, 0) is 50.9 Å². The van der Waals surface area contributed by atoms with E-state index in [1.165, 1.54) is 5.56 Å². The second kappa shape index (κ2) is 4.52. The third kappa shape index (κ3) is 1.43. The van der Waals surface area contributed by atoms with Crippen LogP contribution >= 0.6 is 0 Å². The second-order valence-electron chi connectivity index (χ2n) is 7.79. The molecule has 0 aromatic heterocycles. The lowest BCUT2D eigenvalue weighted by Gasteiger charge is -2.56. The average molecular weight is 329 g/mol. The molecule has 1 N–H and O–H groups in total. The molecule has 24 heavy (non-hydrogen) atoms. The number of methoxy groups -OCH3 is 1. The molecule has 5 nitrogen and oxygen atoms in total. The van der Waals surface area contributed by atoms with Gasteiger partial charge in [-0.25, -0.2) is 0 Å². The zero-order valence-electron chi connectivity index (χ0n) is 14.2. The van der Waals surface area contributed by atoms with Gasteiger partial charge in [-0.15, -0.1) is 0 Å². The molecule has 2 heterocycles. The van der Waals surface area contributed by atoms with Crippen LogP contribution < -0.4 is 9.47 Å². The highest BCUT2D eigenvalue weighted by molar-refractivity contribution is 5.90. The van der Waals surface area contributed by atoms with Crippen molar-refractivity contribution in [3.63, 3.8) is 0 Å². The summed E-state index contributed by atoms with van der Waals surface area (Å²) in [5, 5.41) is 11.9. The number of aliphatic hydroxyl groups is 1. The molecule has 2 bridgehead atoms. The number of benzene rings is 1. The third-order valence-electron chi connectivity index (χ3n) is 6.95. The van der Waals surface area contributed by atoms with E-state index >= 15 is 0 Å². The van der Waals surface area contributed by atoms with Crippen molar-refractivity contribution in [1.29, 1.82) is 0 Å². The molecule has 5 heteroatoms. The van der Waals surface area contributed by atoms with Crippen molar-refractivity contribution >= 4 is 5.78 Å². The predicted octanol–water partition coefficient (Wildman–Crippen LogP) is 1.44. The highest BCUT2D eigenvalue weighted by Crippen LogP contribution is 2.64. The molecule has 1 aromatic carbocycles. The lowest BCUT2D eigenvalue weighted by Crippen LogP contribution is -2.71.